The van der Waals surface area contributed by atoms with Gasteiger partial charge in [-0.1, -0.05) is 6.07 Å². The quantitative estimate of drug-likeness (QED) is 0.366. The van der Waals surface area contributed by atoms with E-state index in [4.69, 9.17) is 14.7 Å². The molecule has 0 amide bonds. The number of anilines is 2. The number of ether oxygens (including phenoxy) is 1. The molecule has 0 aliphatic carbocycles. The lowest BCUT2D eigenvalue weighted by atomic mass is 10.0. The van der Waals surface area contributed by atoms with Crippen molar-refractivity contribution in [1.29, 1.82) is 5.26 Å². The summed E-state index contributed by atoms with van der Waals surface area (Å²) in [4.78, 5) is 13.9. The van der Waals surface area contributed by atoms with Crippen molar-refractivity contribution in [3.63, 3.8) is 0 Å². The normalized spacial score (nSPS) is 14.5. The third kappa shape index (κ3) is 5.27. The molecule has 1 aliphatic heterocycles. The molecule has 9 heteroatoms. The first-order chi connectivity index (χ1) is 18.2. The first-order valence-corrected chi connectivity index (χ1v) is 12.9. The Hall–Kier alpha value is -4.16. The average molecular weight is 512 g/mol. The van der Waals surface area contributed by atoms with Crippen molar-refractivity contribution in [1.82, 2.24) is 19.6 Å². The van der Waals surface area contributed by atoms with Gasteiger partial charge < -0.3 is 19.6 Å². The Balaban J connectivity index is 1.39. The minimum atomic E-state index is -0.981. The van der Waals surface area contributed by atoms with Crippen LogP contribution in [0.25, 0.3) is 16.6 Å². The maximum absolute atomic E-state index is 10.1. The average Bonchev–Trinajstić information content (AvgIpc) is 3.61. The van der Waals surface area contributed by atoms with Crippen LogP contribution in [-0.2, 0) is 0 Å². The molecule has 4 aromatic heterocycles. The van der Waals surface area contributed by atoms with E-state index in [1.165, 1.54) is 12.8 Å². The predicted molar refractivity (Wildman–Crippen MR) is 147 cm³/mol. The zero-order valence-corrected chi connectivity index (χ0v) is 22.3. The van der Waals surface area contributed by atoms with E-state index in [1.807, 2.05) is 31.4 Å². The minimum Gasteiger partial charge on any atom is -0.489 e. The second-order valence-corrected chi connectivity index (χ2v) is 10.5. The van der Waals surface area contributed by atoms with Crippen LogP contribution in [0.15, 0.2) is 55.1 Å². The van der Waals surface area contributed by atoms with E-state index in [0.717, 1.165) is 41.4 Å². The molecule has 196 valence electrons. The fourth-order valence-corrected chi connectivity index (χ4v) is 4.69. The first kappa shape index (κ1) is 25.5. The zero-order valence-electron chi connectivity index (χ0n) is 22.3. The molecule has 1 aliphatic rings. The van der Waals surface area contributed by atoms with E-state index in [2.05, 4.69) is 40.0 Å². The van der Waals surface area contributed by atoms with Gasteiger partial charge in [-0.05, 0) is 63.4 Å². The molecule has 1 saturated heterocycles. The zero-order chi connectivity index (χ0) is 26.9. The smallest absolute Gasteiger partial charge is 0.138 e. The Morgan fingerprint density at radius 3 is 2.55 bits per heavy atom. The molecule has 0 bridgehead atoms. The molecule has 1 fully saturated rings. The summed E-state index contributed by atoms with van der Waals surface area (Å²) in [5, 5.41) is 24.1. The van der Waals surface area contributed by atoms with Gasteiger partial charge >= 0.3 is 0 Å². The summed E-state index contributed by atoms with van der Waals surface area (Å²) in [5.41, 5.74) is 2.91. The van der Waals surface area contributed by atoms with Crippen LogP contribution < -0.4 is 14.5 Å². The molecule has 5 rings (SSSR count). The fourth-order valence-electron chi connectivity index (χ4n) is 4.69. The first-order valence-electron chi connectivity index (χ1n) is 12.9. The lowest BCUT2D eigenvalue weighted by Crippen LogP contribution is -2.27. The summed E-state index contributed by atoms with van der Waals surface area (Å²) < 4.78 is 7.47. The van der Waals surface area contributed by atoms with Crippen LogP contribution in [0.3, 0.4) is 0 Å². The van der Waals surface area contributed by atoms with Crippen molar-refractivity contribution in [3.05, 3.63) is 66.2 Å². The lowest BCUT2D eigenvalue weighted by Gasteiger charge is -2.27. The van der Waals surface area contributed by atoms with Gasteiger partial charge in [0.15, 0.2) is 0 Å². The number of nitriles is 1. The Bertz CT molecular complexity index is 1440. The summed E-state index contributed by atoms with van der Waals surface area (Å²) in [6.07, 6.45) is 9.47. The van der Waals surface area contributed by atoms with Gasteiger partial charge in [0, 0.05) is 43.7 Å². The van der Waals surface area contributed by atoms with Crippen LogP contribution in [0.1, 0.15) is 50.8 Å². The van der Waals surface area contributed by atoms with Crippen LogP contribution in [0.5, 0.6) is 5.75 Å². The van der Waals surface area contributed by atoms with Crippen molar-refractivity contribution in [2.45, 2.75) is 45.3 Å². The van der Waals surface area contributed by atoms with Crippen molar-refractivity contribution in [2.24, 2.45) is 0 Å². The maximum Gasteiger partial charge on any atom is 0.138 e. The van der Waals surface area contributed by atoms with Crippen LogP contribution >= 0.6 is 0 Å². The van der Waals surface area contributed by atoms with Crippen LogP contribution in [0, 0.1) is 11.3 Å². The summed E-state index contributed by atoms with van der Waals surface area (Å²) in [7, 11) is 2.02. The minimum absolute atomic E-state index is 0.0822. The molecular weight excluding hydrogens is 478 g/mol. The Morgan fingerprint density at radius 1 is 1.13 bits per heavy atom. The van der Waals surface area contributed by atoms with Crippen molar-refractivity contribution >= 4 is 17.2 Å². The summed E-state index contributed by atoms with van der Waals surface area (Å²) in [6.45, 7) is 7.79. The largest absolute Gasteiger partial charge is 0.489 e. The SMILES string of the molecule is C[C@@H](c1ccc(N2CCCC2)nc1)N(C)c1ccc(-c2cc(OCC(C)(C)O)cn3ncc(C#N)c23)cn1. The number of pyridine rings is 3. The van der Waals surface area contributed by atoms with Gasteiger partial charge in [-0.15, -0.1) is 0 Å². The Labute approximate surface area is 222 Å². The molecule has 0 spiro atoms. The molecule has 5 heterocycles. The Kier molecular flexibility index (Phi) is 6.91. The van der Waals surface area contributed by atoms with E-state index >= 15 is 0 Å². The van der Waals surface area contributed by atoms with Gasteiger partial charge in [-0.25, -0.2) is 14.5 Å². The number of fused-ring (bicyclic) bond motifs is 1. The van der Waals surface area contributed by atoms with Crippen molar-refractivity contribution < 1.29 is 9.84 Å². The lowest BCUT2D eigenvalue weighted by molar-refractivity contribution is 0.0283. The van der Waals surface area contributed by atoms with Gasteiger partial charge in [-0.2, -0.15) is 10.4 Å². The molecule has 1 N–H and O–H groups in total. The number of aliphatic hydroxyl groups is 1. The van der Waals surface area contributed by atoms with Crippen molar-refractivity contribution in [2.75, 3.05) is 36.5 Å². The number of hydrogen-bond donors (Lipinski definition) is 1. The number of rotatable bonds is 8. The molecule has 4 aromatic rings. The summed E-state index contributed by atoms with van der Waals surface area (Å²) in [5.74, 6) is 2.41. The molecule has 0 saturated carbocycles. The van der Waals surface area contributed by atoms with E-state index in [1.54, 1.807) is 37.0 Å². The third-order valence-corrected chi connectivity index (χ3v) is 6.98. The van der Waals surface area contributed by atoms with Crippen LogP contribution in [0.4, 0.5) is 11.6 Å². The second-order valence-electron chi connectivity index (χ2n) is 10.5. The standard InChI is InChI=1S/C29H33N7O2/c1-20(21-7-10-27(32-15-21)35-11-5-6-12-35)34(4)26-9-8-22(16-31-26)25-13-24(38-19-29(2,3)37)18-36-28(25)23(14-30)17-33-36/h7-10,13,15-18,20,37H,5-6,11-12,19H2,1-4H3/t20-/m0/s1. The number of hydrogen-bond acceptors (Lipinski definition) is 8. The highest BCUT2D eigenvalue weighted by molar-refractivity contribution is 5.85. The molecule has 0 aromatic carbocycles. The highest BCUT2D eigenvalue weighted by Crippen LogP contribution is 2.32. The second kappa shape index (κ2) is 10.3. The third-order valence-electron chi connectivity index (χ3n) is 6.98. The van der Waals surface area contributed by atoms with E-state index in [9.17, 15) is 10.4 Å². The van der Waals surface area contributed by atoms with E-state index in [-0.39, 0.29) is 12.6 Å². The predicted octanol–water partition coefficient (Wildman–Crippen LogP) is 4.61. The Morgan fingerprint density at radius 2 is 1.92 bits per heavy atom. The molecule has 0 unspecified atom stereocenters. The van der Waals surface area contributed by atoms with Crippen molar-refractivity contribution in [3.8, 4) is 22.9 Å². The van der Waals surface area contributed by atoms with Crippen LogP contribution in [0.2, 0.25) is 0 Å². The topological polar surface area (TPSA) is 103 Å². The number of nitrogens with zero attached hydrogens (tertiary/aromatic N) is 7. The molecule has 1 atom stereocenters. The fraction of sp³-hybridized carbons (Fsp3) is 0.379. The summed E-state index contributed by atoms with van der Waals surface area (Å²) >= 11 is 0. The van der Waals surface area contributed by atoms with Gasteiger partial charge in [-0.3, -0.25) is 0 Å². The van der Waals surface area contributed by atoms with E-state index in [0.29, 0.717) is 16.8 Å². The molecule has 9 nitrogen and oxygen atoms in total. The van der Waals surface area contributed by atoms with Gasteiger partial charge in [0.05, 0.1) is 35.1 Å². The highest BCUT2D eigenvalue weighted by atomic mass is 16.5. The number of aromatic nitrogens is 4. The van der Waals surface area contributed by atoms with Gasteiger partial charge in [0.25, 0.3) is 0 Å². The molecule has 38 heavy (non-hydrogen) atoms. The van der Waals surface area contributed by atoms with Gasteiger partial charge in [0.2, 0.25) is 0 Å². The molecular formula is C29H33N7O2. The monoisotopic (exact) mass is 511 g/mol. The maximum atomic E-state index is 10.1. The van der Waals surface area contributed by atoms with Crippen LogP contribution in [-0.4, -0.2) is 57.0 Å². The highest BCUT2D eigenvalue weighted by Gasteiger charge is 2.19. The molecule has 0 radical (unpaired) electrons. The summed E-state index contributed by atoms with van der Waals surface area (Å²) in [6, 6.07) is 12.4. The van der Waals surface area contributed by atoms with E-state index < -0.39 is 5.60 Å². The van der Waals surface area contributed by atoms with Gasteiger partial charge in [0.1, 0.15) is 30.1 Å².